The van der Waals surface area contributed by atoms with Gasteiger partial charge in [-0.3, -0.25) is 20.2 Å². The summed E-state index contributed by atoms with van der Waals surface area (Å²) in [6, 6.07) is 5.26. The van der Waals surface area contributed by atoms with Gasteiger partial charge in [0.05, 0.1) is 18.8 Å². The largest absolute Gasteiger partial charge is 0.507 e. The van der Waals surface area contributed by atoms with E-state index in [1.807, 2.05) is 0 Å². The monoisotopic (exact) mass is 462 g/mol. The van der Waals surface area contributed by atoms with E-state index in [4.69, 9.17) is 10.2 Å². The lowest BCUT2D eigenvalue weighted by molar-refractivity contribution is -0.385. The van der Waals surface area contributed by atoms with E-state index in [9.17, 15) is 20.2 Å². The molecule has 0 fully saturated rings. The molecule has 0 atom stereocenters. The average molecular weight is 464 g/mol. The van der Waals surface area contributed by atoms with Crippen molar-refractivity contribution >= 4 is 43.2 Å². The van der Waals surface area contributed by atoms with Crippen LogP contribution >= 0.6 is 31.9 Å². The normalized spacial score (nSPS) is 9.83. The molecule has 2 rings (SSSR count). The molecule has 0 aromatic heterocycles. The molecule has 0 heterocycles. The Morgan fingerprint density at radius 3 is 1.33 bits per heavy atom. The maximum absolute atomic E-state index is 10.4. The topological polar surface area (TPSA) is 127 Å². The summed E-state index contributed by atoms with van der Waals surface area (Å²) in [4.78, 5) is 19.8. The van der Waals surface area contributed by atoms with Gasteiger partial charge in [0.25, 0.3) is 11.4 Å². The van der Waals surface area contributed by atoms with Gasteiger partial charge >= 0.3 is 0 Å². The smallest absolute Gasteiger partial charge is 0.273 e. The van der Waals surface area contributed by atoms with Gasteiger partial charge < -0.3 is 10.2 Å². The highest BCUT2D eigenvalue weighted by Gasteiger charge is 2.13. The number of rotatable bonds is 2. The van der Waals surface area contributed by atoms with E-state index >= 15 is 0 Å². The van der Waals surface area contributed by atoms with Crippen LogP contribution in [0.4, 0.5) is 11.4 Å². The highest BCUT2D eigenvalue weighted by molar-refractivity contribution is 9.10. The lowest BCUT2D eigenvalue weighted by Gasteiger charge is -1.99. The summed E-state index contributed by atoms with van der Waals surface area (Å²) in [6.07, 6.45) is 0. The van der Waals surface area contributed by atoms with E-state index in [0.717, 1.165) is 0 Å². The fourth-order valence-corrected chi connectivity index (χ4v) is 2.37. The Hall–Kier alpha value is -2.20. The van der Waals surface area contributed by atoms with E-state index in [1.165, 1.54) is 24.3 Å². The van der Waals surface area contributed by atoms with Gasteiger partial charge in [0.2, 0.25) is 0 Å². The molecule has 0 spiro atoms. The minimum atomic E-state index is -0.487. The number of nitro groups is 2. The molecular formula is C14H12Br2N2O6. The molecule has 8 nitrogen and oxygen atoms in total. The van der Waals surface area contributed by atoms with Crippen molar-refractivity contribution in [3.8, 4) is 11.5 Å². The van der Waals surface area contributed by atoms with Gasteiger partial charge in [-0.25, -0.2) is 0 Å². The first-order valence-electron chi connectivity index (χ1n) is 6.31. The molecule has 0 amide bonds. The van der Waals surface area contributed by atoms with Crippen LogP contribution in [0, 0.1) is 34.1 Å². The number of benzene rings is 2. The van der Waals surface area contributed by atoms with Crippen LogP contribution in [0.2, 0.25) is 0 Å². The van der Waals surface area contributed by atoms with E-state index in [1.54, 1.807) is 13.8 Å². The van der Waals surface area contributed by atoms with Crippen molar-refractivity contribution in [2.75, 3.05) is 0 Å². The number of aryl methyl sites for hydroxylation is 2. The SMILES string of the molecule is Cc1cc(O)c(Br)cc1[N+](=O)[O-].Cc1cc(O)c(Br)cc1[N+](=O)[O-]. The molecule has 24 heavy (non-hydrogen) atoms. The molecule has 10 heteroatoms. The van der Waals surface area contributed by atoms with Crippen LogP contribution in [0.25, 0.3) is 0 Å². The highest BCUT2D eigenvalue weighted by atomic mass is 79.9. The first kappa shape index (κ1) is 19.8. The summed E-state index contributed by atoms with van der Waals surface area (Å²) in [6.45, 7) is 3.15. The molecule has 0 saturated heterocycles. The van der Waals surface area contributed by atoms with Crippen molar-refractivity contribution in [2.45, 2.75) is 13.8 Å². The summed E-state index contributed by atoms with van der Waals surface area (Å²) in [7, 11) is 0. The molecule has 0 saturated carbocycles. The van der Waals surface area contributed by atoms with Gasteiger partial charge in [-0.05, 0) is 57.8 Å². The van der Waals surface area contributed by atoms with Crippen LogP contribution in [0.3, 0.4) is 0 Å². The Kier molecular flexibility index (Phi) is 6.67. The van der Waals surface area contributed by atoms with Crippen LogP contribution in [0.15, 0.2) is 33.2 Å². The van der Waals surface area contributed by atoms with Crippen molar-refractivity contribution in [1.29, 1.82) is 0 Å². The fraction of sp³-hybridized carbons (Fsp3) is 0.143. The lowest BCUT2D eigenvalue weighted by atomic mass is 10.2. The van der Waals surface area contributed by atoms with E-state index in [0.29, 0.717) is 20.1 Å². The maximum Gasteiger partial charge on any atom is 0.273 e. The van der Waals surface area contributed by atoms with E-state index in [2.05, 4.69) is 31.9 Å². The summed E-state index contributed by atoms with van der Waals surface area (Å²) < 4.78 is 0.666. The number of nitrogens with zero attached hydrogens (tertiary/aromatic N) is 2. The standard InChI is InChI=1S/2C7H6BrNO3/c2*1-4-2-7(10)5(8)3-6(4)9(11)12/h2*2-3,10H,1H3. The second-order valence-corrected chi connectivity index (χ2v) is 6.40. The molecule has 0 unspecified atom stereocenters. The molecule has 2 aromatic rings. The first-order chi connectivity index (χ1) is 11.0. The molecule has 2 aromatic carbocycles. The van der Waals surface area contributed by atoms with Gasteiger partial charge in [0.15, 0.2) is 0 Å². The second kappa shape index (κ2) is 8.06. The Balaban J connectivity index is 0.000000240. The van der Waals surface area contributed by atoms with E-state index in [-0.39, 0.29) is 22.9 Å². The van der Waals surface area contributed by atoms with Gasteiger partial charge in [0, 0.05) is 23.3 Å². The van der Waals surface area contributed by atoms with Gasteiger partial charge in [0.1, 0.15) is 11.5 Å². The molecule has 0 radical (unpaired) electrons. The first-order valence-corrected chi connectivity index (χ1v) is 7.90. The third-order valence-corrected chi connectivity index (χ3v) is 4.19. The van der Waals surface area contributed by atoms with Crippen molar-refractivity contribution in [3.63, 3.8) is 0 Å². The molecule has 0 aliphatic carbocycles. The summed E-state index contributed by atoms with van der Waals surface area (Å²) >= 11 is 5.99. The zero-order chi connectivity index (χ0) is 18.6. The number of phenolic OH excluding ortho intramolecular Hbond substituents is 2. The van der Waals surface area contributed by atoms with Crippen LogP contribution < -0.4 is 0 Å². The fourth-order valence-electron chi connectivity index (χ4n) is 1.70. The third kappa shape index (κ3) is 4.90. The second-order valence-electron chi connectivity index (χ2n) is 4.69. The molecule has 0 aliphatic rings. The average Bonchev–Trinajstić information content (AvgIpc) is 2.46. The summed E-state index contributed by atoms with van der Waals surface area (Å²) in [5, 5.41) is 39.1. The predicted molar refractivity (Wildman–Crippen MR) is 94.4 cm³/mol. The van der Waals surface area contributed by atoms with Crippen LogP contribution in [0.1, 0.15) is 11.1 Å². The molecule has 128 valence electrons. The zero-order valence-electron chi connectivity index (χ0n) is 12.5. The van der Waals surface area contributed by atoms with Crippen molar-refractivity contribution in [1.82, 2.24) is 0 Å². The van der Waals surface area contributed by atoms with Crippen molar-refractivity contribution in [2.24, 2.45) is 0 Å². The number of aromatic hydroxyl groups is 2. The molecular weight excluding hydrogens is 452 g/mol. The van der Waals surface area contributed by atoms with Gasteiger partial charge in [-0.2, -0.15) is 0 Å². The number of halogens is 2. The quantitative estimate of drug-likeness (QED) is 0.489. The number of phenols is 2. The highest BCUT2D eigenvalue weighted by Crippen LogP contribution is 2.31. The minimum Gasteiger partial charge on any atom is -0.507 e. The molecule has 0 aliphatic heterocycles. The minimum absolute atomic E-state index is 0.000301. The van der Waals surface area contributed by atoms with E-state index < -0.39 is 9.85 Å². The zero-order valence-corrected chi connectivity index (χ0v) is 15.7. The summed E-state index contributed by atoms with van der Waals surface area (Å²) in [5.74, 6) is 0.0243. The van der Waals surface area contributed by atoms with Crippen LogP contribution in [-0.2, 0) is 0 Å². The third-order valence-electron chi connectivity index (χ3n) is 2.92. The number of nitro benzene ring substituents is 2. The predicted octanol–water partition coefficient (Wildman–Crippen LogP) is 4.74. The Bertz CT molecular complexity index is 743. The number of hydrogen-bond acceptors (Lipinski definition) is 6. The molecule has 0 bridgehead atoms. The summed E-state index contributed by atoms with van der Waals surface area (Å²) in [5.41, 5.74) is 0.890. The Morgan fingerprint density at radius 2 is 1.08 bits per heavy atom. The van der Waals surface area contributed by atoms with Gasteiger partial charge in [-0.1, -0.05) is 0 Å². The lowest BCUT2D eigenvalue weighted by Crippen LogP contribution is -1.91. The van der Waals surface area contributed by atoms with Crippen LogP contribution in [-0.4, -0.2) is 20.1 Å². The number of hydrogen-bond donors (Lipinski definition) is 2. The van der Waals surface area contributed by atoms with Crippen LogP contribution in [0.5, 0.6) is 11.5 Å². The molecule has 2 N–H and O–H groups in total. The van der Waals surface area contributed by atoms with Crippen molar-refractivity contribution in [3.05, 3.63) is 64.6 Å². The Labute approximate surface area is 153 Å². The Morgan fingerprint density at radius 1 is 0.792 bits per heavy atom. The van der Waals surface area contributed by atoms with Crippen molar-refractivity contribution < 1.29 is 20.1 Å². The van der Waals surface area contributed by atoms with Gasteiger partial charge in [-0.15, -0.1) is 0 Å². The maximum atomic E-state index is 10.4.